The van der Waals surface area contributed by atoms with Gasteiger partial charge in [-0.25, -0.2) is 55.8 Å². The quantitative estimate of drug-likeness (QED) is 0.0297. The van der Waals surface area contributed by atoms with E-state index in [0.717, 1.165) is 48.2 Å². The van der Waals surface area contributed by atoms with Crippen molar-refractivity contribution in [3.05, 3.63) is 133 Å². The van der Waals surface area contributed by atoms with E-state index in [2.05, 4.69) is 40.0 Å². The van der Waals surface area contributed by atoms with Gasteiger partial charge in [0.15, 0.2) is 10.1 Å². The van der Waals surface area contributed by atoms with Crippen LogP contribution in [0, 0.1) is 24.7 Å². The lowest BCUT2D eigenvalue weighted by Crippen LogP contribution is -2.50. The number of hydrogen-bond acceptors (Lipinski definition) is 14. The van der Waals surface area contributed by atoms with E-state index in [1.807, 2.05) is 139 Å². The van der Waals surface area contributed by atoms with E-state index in [1.54, 1.807) is 36.9 Å². The normalized spacial score (nSPS) is 14.3. The predicted octanol–water partition coefficient (Wildman–Crippen LogP) is 8.59. The fraction of sp³-hybridized carbons (Fsp3) is 0.483. The summed E-state index contributed by atoms with van der Waals surface area (Å²) in [5.41, 5.74) is 5.22. The molecule has 6 rings (SSSR count). The number of aliphatic hydroxyl groups excluding tert-OH is 2. The third kappa shape index (κ3) is 20.5. The van der Waals surface area contributed by atoms with E-state index < -0.39 is 68.7 Å². The molecule has 0 aliphatic heterocycles. The summed E-state index contributed by atoms with van der Waals surface area (Å²) in [6.45, 7) is 20.2. The summed E-state index contributed by atoms with van der Waals surface area (Å²) in [7, 11) is -7.81. The van der Waals surface area contributed by atoms with Crippen LogP contribution in [0.1, 0.15) is 105 Å². The number of ether oxygens (including phenoxy) is 2. The van der Waals surface area contributed by atoms with Crippen molar-refractivity contribution in [3.63, 3.8) is 0 Å². The van der Waals surface area contributed by atoms with Crippen molar-refractivity contribution in [2.45, 2.75) is 167 Å². The smallest absolute Gasteiger partial charge is 0.407 e. The Bertz CT molecular complexity index is 2850. The Balaban J connectivity index is 0.000000294. The maximum Gasteiger partial charge on any atom is 0.407 e. The SMILES string of the molecule is CCCC[C@H](NC(=O)O[C@H](Cn1cnc(-c2ccc(C)cc2)c1)C(C)(C)C)[C@@H](O)CNS(=O)(=O)c1ccccn1.CCCC[C@H](NC(=O)O[C@H](Cn1cnc(-c2ccc(C)cc2)c1)C(C)(C)C)[C@H](O)CNS(=O)(=O)c1ccccn1. The number of hydrogen-bond donors (Lipinski definition) is 6. The first-order valence-electron chi connectivity index (χ1n) is 27.1. The molecule has 0 fully saturated rings. The number of sulfonamides is 2. The number of aliphatic hydroxyl groups is 2. The summed E-state index contributed by atoms with van der Waals surface area (Å²) in [5, 5.41) is 26.9. The highest BCUT2D eigenvalue weighted by molar-refractivity contribution is 7.89. The van der Waals surface area contributed by atoms with Gasteiger partial charge in [0, 0.05) is 59.8 Å². The topological polar surface area (TPSA) is 271 Å². The van der Waals surface area contributed by atoms with Gasteiger partial charge in [-0.3, -0.25) is 0 Å². The number of carbonyl (C=O) groups excluding carboxylic acids is 2. The summed E-state index contributed by atoms with van der Waals surface area (Å²) >= 11 is 0. The monoisotopic (exact) mass is 1140 g/mol. The van der Waals surface area contributed by atoms with Gasteiger partial charge in [-0.05, 0) is 51.0 Å². The Morgan fingerprint density at radius 2 is 0.925 bits per heavy atom. The zero-order valence-electron chi connectivity index (χ0n) is 47.7. The van der Waals surface area contributed by atoms with Gasteiger partial charge in [0.05, 0.1) is 61.4 Å². The molecule has 0 aliphatic rings. The molecule has 0 bridgehead atoms. The lowest BCUT2D eigenvalue weighted by molar-refractivity contribution is 0.0143. The third-order valence-electron chi connectivity index (χ3n) is 13.2. The molecule has 6 N–H and O–H groups in total. The first kappa shape index (κ1) is 64.3. The second-order valence-corrected chi connectivity index (χ2v) is 25.6. The van der Waals surface area contributed by atoms with E-state index >= 15 is 0 Å². The van der Waals surface area contributed by atoms with Crippen molar-refractivity contribution in [1.82, 2.24) is 49.1 Å². The minimum atomic E-state index is -3.90. The molecule has 6 aromatic rings. The maximum absolute atomic E-state index is 13.0. The fourth-order valence-corrected chi connectivity index (χ4v) is 10.0. The number of pyridine rings is 2. The highest BCUT2D eigenvalue weighted by Gasteiger charge is 2.33. The number of imidazole rings is 2. The van der Waals surface area contributed by atoms with Crippen LogP contribution in [0.25, 0.3) is 22.5 Å². The molecule has 0 aliphatic carbocycles. The molecule has 6 atom stereocenters. The Morgan fingerprint density at radius 3 is 1.24 bits per heavy atom. The number of amides is 2. The van der Waals surface area contributed by atoms with Crippen molar-refractivity contribution in [1.29, 1.82) is 0 Å². The lowest BCUT2D eigenvalue weighted by Gasteiger charge is -2.32. The number of alkyl carbamates (subject to hydrolysis) is 2. The second kappa shape index (κ2) is 29.8. The molecule has 80 heavy (non-hydrogen) atoms. The van der Waals surface area contributed by atoms with Crippen molar-refractivity contribution in [2.75, 3.05) is 13.1 Å². The molecule has 0 unspecified atom stereocenters. The number of aromatic nitrogens is 6. The van der Waals surface area contributed by atoms with Gasteiger partial charge in [0.2, 0.25) is 0 Å². The summed E-state index contributed by atoms with van der Waals surface area (Å²) in [4.78, 5) is 42.8. The van der Waals surface area contributed by atoms with E-state index in [-0.39, 0.29) is 34.0 Å². The second-order valence-electron chi connectivity index (χ2n) is 22.1. The van der Waals surface area contributed by atoms with E-state index in [9.17, 15) is 36.6 Å². The van der Waals surface area contributed by atoms with Crippen LogP contribution in [0.15, 0.2) is 132 Å². The molecule has 2 amide bonds. The van der Waals surface area contributed by atoms with E-state index in [1.165, 1.54) is 35.7 Å². The standard InChI is InChI=1S/2C29H41N5O5S/c2*1-6-7-10-23(25(35)17-32-40(37,38)27-11-8-9-16-30-27)33-28(36)39-26(29(3,4)5)19-34-18-24(31-20-34)22-14-12-21(2)13-15-22/h2*8-9,11-16,18,20,23,25-26,32,35H,6-7,10,17,19H2,1-5H3,(H,33,36)/t23-,25+,26+;23-,25-,26+/m00/s1. The predicted molar refractivity (Wildman–Crippen MR) is 308 cm³/mol. The van der Waals surface area contributed by atoms with Gasteiger partial charge >= 0.3 is 12.2 Å². The van der Waals surface area contributed by atoms with Crippen molar-refractivity contribution in [2.24, 2.45) is 10.8 Å². The first-order chi connectivity index (χ1) is 37.8. The van der Waals surface area contributed by atoms with Crippen LogP contribution in [-0.2, 0) is 42.6 Å². The number of aryl methyl sites for hydroxylation is 2. The van der Waals surface area contributed by atoms with Gasteiger partial charge in [-0.1, -0.05) is 153 Å². The van der Waals surface area contributed by atoms with Crippen molar-refractivity contribution < 1.29 is 46.1 Å². The van der Waals surface area contributed by atoms with Gasteiger partial charge in [0.25, 0.3) is 20.0 Å². The van der Waals surface area contributed by atoms with Crippen LogP contribution >= 0.6 is 0 Å². The Hall–Kier alpha value is -6.56. The molecule has 0 spiro atoms. The minimum Gasteiger partial charge on any atom is -0.444 e. The average molecular weight is 1140 g/mol. The average Bonchev–Trinajstić information content (AvgIpc) is 4.11. The van der Waals surface area contributed by atoms with Crippen LogP contribution in [0.2, 0.25) is 0 Å². The summed E-state index contributed by atoms with van der Waals surface area (Å²) < 4.78 is 70.4. The summed E-state index contributed by atoms with van der Waals surface area (Å²) in [6.07, 6.45) is 9.41. The van der Waals surface area contributed by atoms with Crippen molar-refractivity contribution in [3.8, 4) is 22.5 Å². The molecule has 436 valence electrons. The Labute approximate surface area is 472 Å². The van der Waals surface area contributed by atoms with Gasteiger partial charge in [-0.15, -0.1) is 0 Å². The molecule has 0 saturated carbocycles. The number of benzene rings is 2. The molecule has 4 heterocycles. The zero-order valence-corrected chi connectivity index (χ0v) is 49.4. The number of unbranched alkanes of at least 4 members (excludes halogenated alkanes) is 2. The molecule has 0 radical (unpaired) electrons. The maximum atomic E-state index is 13.0. The molecular formula is C58H82N10O10S2. The van der Waals surface area contributed by atoms with Crippen LogP contribution < -0.4 is 20.1 Å². The largest absolute Gasteiger partial charge is 0.444 e. The van der Waals surface area contributed by atoms with Crippen LogP contribution in [0.4, 0.5) is 9.59 Å². The molecule has 4 aromatic heterocycles. The summed E-state index contributed by atoms with van der Waals surface area (Å²) in [6, 6.07) is 23.9. The molecule has 0 saturated heterocycles. The van der Waals surface area contributed by atoms with Crippen LogP contribution in [0.3, 0.4) is 0 Å². The lowest BCUT2D eigenvalue weighted by atomic mass is 9.89. The highest BCUT2D eigenvalue weighted by atomic mass is 32.2. The van der Waals surface area contributed by atoms with Gasteiger partial charge in [0.1, 0.15) is 12.2 Å². The Morgan fingerprint density at radius 1 is 0.562 bits per heavy atom. The van der Waals surface area contributed by atoms with E-state index in [4.69, 9.17) is 9.47 Å². The van der Waals surface area contributed by atoms with Gasteiger partial charge < -0.3 is 39.5 Å². The van der Waals surface area contributed by atoms with Crippen LogP contribution in [0.5, 0.6) is 0 Å². The van der Waals surface area contributed by atoms with Crippen molar-refractivity contribution >= 4 is 32.2 Å². The number of nitrogens with zero attached hydrogens (tertiary/aromatic N) is 6. The minimum absolute atomic E-state index is 0.141. The Kier molecular flexibility index (Phi) is 23.9. The van der Waals surface area contributed by atoms with Gasteiger partial charge in [-0.2, -0.15) is 0 Å². The molecule has 22 heteroatoms. The zero-order chi connectivity index (χ0) is 58.7. The van der Waals surface area contributed by atoms with E-state index in [0.29, 0.717) is 25.9 Å². The molecule has 2 aromatic carbocycles. The van der Waals surface area contributed by atoms with Crippen LogP contribution in [-0.4, -0.2) is 118 Å². The highest BCUT2D eigenvalue weighted by Crippen LogP contribution is 2.28. The molecular weight excluding hydrogens is 1060 g/mol. The number of carbonyl (C=O) groups is 2. The third-order valence-corrected chi connectivity index (χ3v) is 15.9. The fourth-order valence-electron chi connectivity index (χ4n) is 8.06. The number of rotatable bonds is 26. The summed E-state index contributed by atoms with van der Waals surface area (Å²) in [5.74, 6) is 0. The first-order valence-corrected chi connectivity index (χ1v) is 30.0. The number of nitrogens with one attached hydrogen (secondary N) is 4. The molecule has 20 nitrogen and oxygen atoms in total.